The van der Waals surface area contributed by atoms with Crippen molar-refractivity contribution in [1.82, 2.24) is 4.90 Å². The molecule has 0 bridgehead atoms. The van der Waals surface area contributed by atoms with Gasteiger partial charge in [-0.15, -0.1) is 0 Å². The van der Waals surface area contributed by atoms with Crippen molar-refractivity contribution in [3.8, 4) is 0 Å². The van der Waals surface area contributed by atoms with Crippen molar-refractivity contribution in [3.63, 3.8) is 0 Å². The van der Waals surface area contributed by atoms with E-state index in [0.29, 0.717) is 12.1 Å². The second-order valence-corrected chi connectivity index (χ2v) is 5.65. The van der Waals surface area contributed by atoms with Crippen molar-refractivity contribution in [2.75, 3.05) is 13.6 Å². The van der Waals surface area contributed by atoms with Crippen LogP contribution < -0.4 is 0 Å². The number of aryl methyl sites for hydroxylation is 2. The Hall–Kier alpha value is -2.16. The molecule has 0 radical (unpaired) electrons. The topological polar surface area (TPSA) is 15.6 Å². The molecule has 0 aliphatic heterocycles. The number of hydrogen-bond acceptors (Lipinski definition) is 1. The maximum Gasteiger partial charge on any atom is 0.128 e. The van der Waals surface area contributed by atoms with E-state index in [0.717, 1.165) is 23.2 Å². The van der Waals surface area contributed by atoms with Crippen molar-refractivity contribution >= 4 is 12.0 Å². The first-order valence-electron chi connectivity index (χ1n) is 7.59. The molecule has 2 nitrogen and oxygen atoms in total. The zero-order valence-corrected chi connectivity index (χ0v) is 13.7. The van der Waals surface area contributed by atoms with E-state index in [4.69, 9.17) is 0 Å². The first-order valence-corrected chi connectivity index (χ1v) is 7.59. The van der Waals surface area contributed by atoms with Crippen LogP contribution in [0.3, 0.4) is 0 Å². The summed E-state index contributed by atoms with van der Waals surface area (Å²) in [6.07, 6.45) is 2.35. The Bertz CT molecular complexity index is 677. The van der Waals surface area contributed by atoms with Gasteiger partial charge in [0.25, 0.3) is 0 Å². The Labute approximate surface area is 132 Å². The third-order valence-corrected chi connectivity index (χ3v) is 3.90. The van der Waals surface area contributed by atoms with Gasteiger partial charge in [0.15, 0.2) is 0 Å². The Morgan fingerprint density at radius 1 is 1.09 bits per heavy atom. The maximum atomic E-state index is 14.4. The number of benzene rings is 2. The van der Waals surface area contributed by atoms with E-state index in [1.807, 2.05) is 50.1 Å². The summed E-state index contributed by atoms with van der Waals surface area (Å²) in [7, 11) is 1.95. The Morgan fingerprint density at radius 3 is 2.50 bits per heavy atom. The van der Waals surface area contributed by atoms with Gasteiger partial charge in [-0.1, -0.05) is 30.3 Å². The first-order chi connectivity index (χ1) is 10.5. The number of nitrogens with zero attached hydrogens (tertiary/aromatic N) is 2. The summed E-state index contributed by atoms with van der Waals surface area (Å²) >= 11 is 0. The monoisotopic (exact) mass is 298 g/mol. The third-order valence-electron chi connectivity index (χ3n) is 3.90. The van der Waals surface area contributed by atoms with Crippen LogP contribution in [0.15, 0.2) is 41.4 Å². The van der Waals surface area contributed by atoms with E-state index in [1.54, 1.807) is 6.34 Å². The molecule has 0 N–H and O–H groups in total. The zero-order chi connectivity index (χ0) is 16.1. The highest BCUT2D eigenvalue weighted by atomic mass is 19.1. The van der Waals surface area contributed by atoms with Gasteiger partial charge in [0.05, 0.1) is 12.0 Å². The highest BCUT2D eigenvalue weighted by Gasteiger charge is 2.09. The first kappa shape index (κ1) is 16.2. The molecule has 0 atom stereocenters. The Morgan fingerprint density at radius 2 is 1.82 bits per heavy atom. The van der Waals surface area contributed by atoms with E-state index in [-0.39, 0.29) is 5.82 Å². The normalized spacial score (nSPS) is 11.1. The van der Waals surface area contributed by atoms with E-state index in [9.17, 15) is 4.39 Å². The fourth-order valence-electron chi connectivity index (χ4n) is 2.26. The summed E-state index contributed by atoms with van der Waals surface area (Å²) in [6.45, 7) is 6.94. The molecular formula is C19H23FN2. The van der Waals surface area contributed by atoms with Crippen molar-refractivity contribution in [3.05, 3.63) is 64.5 Å². The van der Waals surface area contributed by atoms with Crippen LogP contribution in [0.4, 0.5) is 10.1 Å². The van der Waals surface area contributed by atoms with Crippen LogP contribution in [-0.2, 0) is 6.42 Å². The molecule has 0 aliphatic rings. The largest absolute Gasteiger partial charge is 0.366 e. The molecule has 0 aliphatic carbocycles. The van der Waals surface area contributed by atoms with Crippen LogP contribution in [0.5, 0.6) is 0 Å². The molecule has 0 amide bonds. The van der Waals surface area contributed by atoms with Gasteiger partial charge < -0.3 is 4.90 Å². The zero-order valence-electron chi connectivity index (χ0n) is 13.7. The van der Waals surface area contributed by atoms with E-state index in [2.05, 4.69) is 18.0 Å². The summed E-state index contributed by atoms with van der Waals surface area (Å²) in [5.74, 6) is -0.194. The fraction of sp³-hybridized carbons (Fsp3) is 0.316. The van der Waals surface area contributed by atoms with Crippen molar-refractivity contribution in [2.45, 2.75) is 27.2 Å². The standard InChI is InChI=1S/C19H23FN2/c1-5-22(4)13-21-19-12-18(20)17(10-15(19)3)11-16-9-7-6-8-14(16)2/h6-10,12-13H,5,11H2,1-4H3. The lowest BCUT2D eigenvalue weighted by Crippen LogP contribution is -2.14. The number of halogens is 1. The molecule has 22 heavy (non-hydrogen) atoms. The highest BCUT2D eigenvalue weighted by molar-refractivity contribution is 5.63. The molecule has 2 aromatic carbocycles. The summed E-state index contributed by atoms with van der Waals surface area (Å²) in [5, 5.41) is 0. The van der Waals surface area contributed by atoms with E-state index < -0.39 is 0 Å². The molecule has 0 unspecified atom stereocenters. The minimum Gasteiger partial charge on any atom is -0.366 e. The lowest BCUT2D eigenvalue weighted by Gasteiger charge is -2.11. The second kappa shape index (κ2) is 7.21. The average Bonchev–Trinajstić information content (AvgIpc) is 2.51. The third kappa shape index (κ3) is 3.94. The molecule has 0 heterocycles. The quantitative estimate of drug-likeness (QED) is 0.580. The molecule has 3 heteroatoms. The van der Waals surface area contributed by atoms with E-state index in [1.165, 1.54) is 11.6 Å². The highest BCUT2D eigenvalue weighted by Crippen LogP contribution is 2.25. The van der Waals surface area contributed by atoms with Gasteiger partial charge in [-0.25, -0.2) is 9.38 Å². The number of hydrogen-bond donors (Lipinski definition) is 0. The van der Waals surface area contributed by atoms with Crippen molar-refractivity contribution in [2.24, 2.45) is 4.99 Å². The maximum absolute atomic E-state index is 14.4. The summed E-state index contributed by atoms with van der Waals surface area (Å²) in [4.78, 5) is 6.32. The lowest BCUT2D eigenvalue weighted by molar-refractivity contribution is 0.552. The minimum absolute atomic E-state index is 0.194. The van der Waals surface area contributed by atoms with Gasteiger partial charge >= 0.3 is 0 Å². The van der Waals surface area contributed by atoms with Gasteiger partial charge in [-0.2, -0.15) is 0 Å². The van der Waals surface area contributed by atoms with Crippen LogP contribution in [0.1, 0.15) is 29.2 Å². The van der Waals surface area contributed by atoms with Crippen LogP contribution >= 0.6 is 0 Å². The van der Waals surface area contributed by atoms with Gasteiger partial charge in [-0.05, 0) is 43.0 Å². The van der Waals surface area contributed by atoms with Gasteiger partial charge in [-0.3, -0.25) is 0 Å². The lowest BCUT2D eigenvalue weighted by atomic mass is 9.98. The molecule has 0 saturated carbocycles. The number of rotatable bonds is 5. The molecule has 2 aromatic rings. The fourth-order valence-corrected chi connectivity index (χ4v) is 2.26. The van der Waals surface area contributed by atoms with Gasteiger partial charge in [0.2, 0.25) is 0 Å². The molecule has 0 saturated heterocycles. The average molecular weight is 298 g/mol. The predicted molar refractivity (Wildman–Crippen MR) is 91.6 cm³/mol. The molecule has 0 fully saturated rings. The molecular weight excluding hydrogens is 275 g/mol. The second-order valence-electron chi connectivity index (χ2n) is 5.65. The van der Waals surface area contributed by atoms with Crippen molar-refractivity contribution in [1.29, 1.82) is 0 Å². The molecule has 0 spiro atoms. The van der Waals surface area contributed by atoms with Crippen molar-refractivity contribution < 1.29 is 4.39 Å². The van der Waals surface area contributed by atoms with Gasteiger partial charge in [0.1, 0.15) is 5.82 Å². The summed E-state index contributed by atoms with van der Waals surface area (Å²) < 4.78 is 14.4. The van der Waals surface area contributed by atoms with E-state index >= 15 is 0 Å². The molecule has 116 valence electrons. The van der Waals surface area contributed by atoms with Crippen LogP contribution in [0, 0.1) is 19.7 Å². The van der Waals surface area contributed by atoms with Crippen LogP contribution in [0.25, 0.3) is 0 Å². The minimum atomic E-state index is -0.194. The molecule has 2 rings (SSSR count). The Balaban J connectivity index is 2.27. The van der Waals surface area contributed by atoms with Crippen LogP contribution in [-0.4, -0.2) is 24.8 Å². The predicted octanol–water partition coefficient (Wildman–Crippen LogP) is 4.64. The smallest absolute Gasteiger partial charge is 0.128 e. The van der Waals surface area contributed by atoms with Gasteiger partial charge in [0, 0.05) is 26.1 Å². The summed E-state index contributed by atoms with van der Waals surface area (Å²) in [6, 6.07) is 11.5. The Kier molecular flexibility index (Phi) is 5.31. The SMILES string of the molecule is CCN(C)C=Nc1cc(F)c(Cc2ccccc2C)cc1C. The van der Waals surface area contributed by atoms with Crippen LogP contribution in [0.2, 0.25) is 0 Å². The molecule has 0 aromatic heterocycles. The summed E-state index contributed by atoms with van der Waals surface area (Å²) in [5.41, 5.74) is 4.74. The number of aliphatic imine (C=N–C) groups is 1.